The molecular weight excluding hydrogens is 237 g/mol. The molecule has 3 N–H and O–H groups in total. The molecule has 1 aliphatic heterocycles. The van der Waals surface area contributed by atoms with Crippen molar-refractivity contribution >= 4 is 23.2 Å². The fourth-order valence-electron chi connectivity index (χ4n) is 2.11. The summed E-state index contributed by atoms with van der Waals surface area (Å²) >= 11 is 0. The first kappa shape index (κ1) is 12.3. The number of amides is 2. The molecule has 1 aliphatic rings. The third kappa shape index (κ3) is 2.13. The average molecular weight is 251 g/mol. The van der Waals surface area contributed by atoms with Gasteiger partial charge in [-0.15, -0.1) is 0 Å². The molecule has 1 fully saturated rings. The fourth-order valence-corrected chi connectivity index (χ4v) is 2.11. The van der Waals surface area contributed by atoms with Gasteiger partial charge in [0, 0.05) is 0 Å². The number of hydrogen-bond donors (Lipinski definition) is 2. The van der Waals surface area contributed by atoms with Crippen molar-refractivity contribution < 1.29 is 14.0 Å². The molecule has 2 rings (SSSR count). The van der Waals surface area contributed by atoms with Crippen LogP contribution in [0.1, 0.15) is 13.3 Å². The molecule has 0 aromatic heterocycles. The molecule has 96 valence electrons. The lowest BCUT2D eigenvalue weighted by molar-refractivity contribution is -0.132. The number of piperazine rings is 1. The highest BCUT2D eigenvalue weighted by molar-refractivity contribution is 6.05. The number of hydrogen-bond acceptors (Lipinski definition) is 4. The van der Waals surface area contributed by atoms with Crippen molar-refractivity contribution in [2.75, 3.05) is 17.2 Å². The van der Waals surface area contributed by atoms with Crippen LogP contribution in [0.25, 0.3) is 0 Å². The average Bonchev–Trinajstić information content (AvgIpc) is 2.28. The maximum absolute atomic E-state index is 13.0. The molecule has 0 aliphatic carbocycles. The van der Waals surface area contributed by atoms with Crippen molar-refractivity contribution in [3.63, 3.8) is 0 Å². The Bertz CT molecular complexity index is 504. The van der Waals surface area contributed by atoms with E-state index in [9.17, 15) is 14.0 Å². The number of nitrogens with one attached hydrogen (secondary N) is 1. The van der Waals surface area contributed by atoms with E-state index in [2.05, 4.69) is 5.32 Å². The Hall–Kier alpha value is -2.11. The van der Waals surface area contributed by atoms with Gasteiger partial charge in [0.15, 0.2) is 0 Å². The molecule has 5 nitrogen and oxygen atoms in total. The summed E-state index contributed by atoms with van der Waals surface area (Å²) < 4.78 is 13.0. The van der Waals surface area contributed by atoms with Gasteiger partial charge in [-0.05, 0) is 24.6 Å². The molecule has 1 unspecified atom stereocenters. The van der Waals surface area contributed by atoms with Crippen molar-refractivity contribution in [2.45, 2.75) is 19.4 Å². The number of carbonyl (C=O) groups is 2. The zero-order valence-electron chi connectivity index (χ0n) is 9.94. The van der Waals surface area contributed by atoms with Crippen LogP contribution in [-0.2, 0) is 9.59 Å². The van der Waals surface area contributed by atoms with E-state index in [4.69, 9.17) is 5.73 Å². The van der Waals surface area contributed by atoms with Crippen LogP contribution in [0.4, 0.5) is 15.8 Å². The number of anilines is 2. The highest BCUT2D eigenvalue weighted by atomic mass is 19.1. The lowest BCUT2D eigenvalue weighted by atomic mass is 10.1. The predicted octanol–water partition coefficient (Wildman–Crippen LogP) is 0.649. The summed E-state index contributed by atoms with van der Waals surface area (Å²) in [7, 11) is 0. The standard InChI is InChI=1S/C12H14FN3O2/c1-2-9-12(18)15-11(17)6-16(9)10-4-3-7(13)5-8(10)14/h3-5,9H,2,6,14H2,1H3,(H,15,17,18). The summed E-state index contributed by atoms with van der Waals surface area (Å²) in [5.74, 6) is -1.18. The smallest absolute Gasteiger partial charge is 0.249 e. The SMILES string of the molecule is CCC1C(=O)NC(=O)CN1c1ccc(F)cc1N. The van der Waals surface area contributed by atoms with Gasteiger partial charge >= 0.3 is 0 Å². The summed E-state index contributed by atoms with van der Waals surface area (Å²) in [5, 5.41) is 2.28. The second-order valence-electron chi connectivity index (χ2n) is 4.17. The molecule has 1 aromatic rings. The van der Waals surface area contributed by atoms with E-state index in [0.29, 0.717) is 12.1 Å². The summed E-state index contributed by atoms with van der Waals surface area (Å²) in [6.45, 7) is 1.88. The van der Waals surface area contributed by atoms with E-state index < -0.39 is 11.9 Å². The monoisotopic (exact) mass is 251 g/mol. The molecule has 1 saturated heterocycles. The summed E-state index contributed by atoms with van der Waals surface area (Å²) in [4.78, 5) is 24.7. The van der Waals surface area contributed by atoms with Crippen LogP contribution in [0.15, 0.2) is 18.2 Å². The van der Waals surface area contributed by atoms with Gasteiger partial charge < -0.3 is 10.6 Å². The fraction of sp³-hybridized carbons (Fsp3) is 0.333. The summed E-state index contributed by atoms with van der Waals surface area (Å²) in [5.41, 5.74) is 6.46. The molecular formula is C12H14FN3O2. The first-order valence-electron chi connectivity index (χ1n) is 5.68. The van der Waals surface area contributed by atoms with Gasteiger partial charge in [0.2, 0.25) is 11.8 Å². The van der Waals surface area contributed by atoms with E-state index in [-0.39, 0.29) is 24.0 Å². The Morgan fingerprint density at radius 1 is 1.50 bits per heavy atom. The lowest BCUT2D eigenvalue weighted by Gasteiger charge is -2.35. The maximum Gasteiger partial charge on any atom is 0.249 e. The van der Waals surface area contributed by atoms with Crippen LogP contribution < -0.4 is 16.0 Å². The molecule has 6 heteroatoms. The Morgan fingerprint density at radius 2 is 2.22 bits per heavy atom. The van der Waals surface area contributed by atoms with Crippen molar-refractivity contribution in [3.8, 4) is 0 Å². The minimum atomic E-state index is -0.463. The summed E-state index contributed by atoms with van der Waals surface area (Å²) in [6.07, 6.45) is 0.538. The Kier molecular flexibility index (Phi) is 3.18. The van der Waals surface area contributed by atoms with Crippen LogP contribution in [0.2, 0.25) is 0 Å². The third-order valence-corrected chi connectivity index (χ3v) is 2.94. The number of nitrogens with two attached hydrogens (primary N) is 1. The summed E-state index contributed by atoms with van der Waals surface area (Å²) in [6, 6.07) is 3.46. The number of halogens is 1. The molecule has 0 saturated carbocycles. The predicted molar refractivity (Wildman–Crippen MR) is 65.4 cm³/mol. The van der Waals surface area contributed by atoms with E-state index in [0.717, 1.165) is 0 Å². The van der Waals surface area contributed by atoms with Gasteiger partial charge in [-0.1, -0.05) is 6.92 Å². The highest BCUT2D eigenvalue weighted by Crippen LogP contribution is 2.27. The van der Waals surface area contributed by atoms with Crippen LogP contribution in [0, 0.1) is 5.82 Å². The van der Waals surface area contributed by atoms with Gasteiger partial charge in [0.05, 0.1) is 17.9 Å². The molecule has 1 atom stereocenters. The molecule has 0 radical (unpaired) electrons. The first-order chi connectivity index (χ1) is 8.52. The van der Waals surface area contributed by atoms with Crippen molar-refractivity contribution in [3.05, 3.63) is 24.0 Å². The van der Waals surface area contributed by atoms with E-state index in [1.54, 1.807) is 4.90 Å². The Labute approximate surface area is 104 Å². The van der Waals surface area contributed by atoms with Gasteiger partial charge in [0.1, 0.15) is 11.9 Å². The quantitative estimate of drug-likeness (QED) is 0.597. The largest absolute Gasteiger partial charge is 0.397 e. The number of nitrogens with zero attached hydrogens (tertiary/aromatic N) is 1. The highest BCUT2D eigenvalue weighted by Gasteiger charge is 2.33. The number of rotatable bonds is 2. The minimum Gasteiger partial charge on any atom is -0.397 e. The van der Waals surface area contributed by atoms with E-state index in [1.165, 1.54) is 18.2 Å². The molecule has 18 heavy (non-hydrogen) atoms. The van der Waals surface area contributed by atoms with E-state index >= 15 is 0 Å². The second kappa shape index (κ2) is 4.64. The van der Waals surface area contributed by atoms with Crippen LogP contribution >= 0.6 is 0 Å². The van der Waals surface area contributed by atoms with Gasteiger partial charge in [0.25, 0.3) is 0 Å². The van der Waals surface area contributed by atoms with Crippen LogP contribution in [0.5, 0.6) is 0 Å². The zero-order valence-corrected chi connectivity index (χ0v) is 9.94. The van der Waals surface area contributed by atoms with Crippen molar-refractivity contribution in [1.29, 1.82) is 0 Å². The molecule has 0 spiro atoms. The normalized spacial score (nSPS) is 19.9. The minimum absolute atomic E-state index is 0.0417. The molecule has 1 aromatic carbocycles. The second-order valence-corrected chi connectivity index (χ2v) is 4.17. The third-order valence-electron chi connectivity index (χ3n) is 2.94. The number of nitrogen functional groups attached to an aromatic ring is 1. The van der Waals surface area contributed by atoms with Gasteiger partial charge in [-0.2, -0.15) is 0 Å². The topological polar surface area (TPSA) is 75.4 Å². The number of carbonyl (C=O) groups excluding carboxylic acids is 2. The number of benzene rings is 1. The van der Waals surface area contributed by atoms with Gasteiger partial charge in [-0.25, -0.2) is 4.39 Å². The van der Waals surface area contributed by atoms with Gasteiger partial charge in [-0.3, -0.25) is 14.9 Å². The molecule has 2 amide bonds. The van der Waals surface area contributed by atoms with Crippen LogP contribution in [-0.4, -0.2) is 24.4 Å². The zero-order chi connectivity index (χ0) is 13.3. The lowest BCUT2D eigenvalue weighted by Crippen LogP contribution is -2.58. The maximum atomic E-state index is 13.0. The first-order valence-corrected chi connectivity index (χ1v) is 5.68. The van der Waals surface area contributed by atoms with Crippen LogP contribution in [0.3, 0.4) is 0 Å². The van der Waals surface area contributed by atoms with Crippen molar-refractivity contribution in [2.24, 2.45) is 0 Å². The van der Waals surface area contributed by atoms with Crippen molar-refractivity contribution in [1.82, 2.24) is 5.32 Å². The van der Waals surface area contributed by atoms with E-state index in [1.807, 2.05) is 6.92 Å². The molecule has 0 bridgehead atoms. The Balaban J connectivity index is 2.39. The number of imide groups is 1. The Morgan fingerprint density at radius 3 is 2.83 bits per heavy atom. The molecule has 1 heterocycles.